The van der Waals surface area contributed by atoms with Gasteiger partial charge in [-0.3, -0.25) is 9.59 Å². The Morgan fingerprint density at radius 1 is 0.917 bits per heavy atom. The minimum atomic E-state index is 0.188. The van der Waals surface area contributed by atoms with Gasteiger partial charge in [-0.25, -0.2) is 0 Å². The molecule has 0 saturated carbocycles. The Balaban J connectivity index is 1.53. The quantitative estimate of drug-likeness (QED) is 0.852. The Morgan fingerprint density at radius 3 is 2.21 bits per heavy atom. The lowest BCUT2D eigenvalue weighted by Crippen LogP contribution is -2.50. The average molecular weight is 328 g/mol. The molecule has 1 heterocycles. The third-order valence-corrected chi connectivity index (χ3v) is 5.22. The Kier molecular flexibility index (Phi) is 5.54. The number of carbonyl (C=O) groups is 2. The maximum Gasteiger partial charge on any atom is 0.227 e. The number of amides is 2. The second-order valence-corrected chi connectivity index (χ2v) is 7.00. The van der Waals surface area contributed by atoms with E-state index in [-0.39, 0.29) is 11.8 Å². The highest BCUT2D eigenvalue weighted by molar-refractivity contribution is 5.80. The Labute approximate surface area is 144 Å². The van der Waals surface area contributed by atoms with E-state index < -0.39 is 0 Å². The van der Waals surface area contributed by atoms with Crippen molar-refractivity contribution in [1.29, 1.82) is 0 Å². The number of hydrogen-bond acceptors (Lipinski definition) is 2. The van der Waals surface area contributed by atoms with Crippen LogP contribution in [0.2, 0.25) is 0 Å². The van der Waals surface area contributed by atoms with E-state index in [4.69, 9.17) is 0 Å². The summed E-state index contributed by atoms with van der Waals surface area (Å²) >= 11 is 0. The van der Waals surface area contributed by atoms with Crippen LogP contribution in [0.4, 0.5) is 0 Å². The first-order valence-corrected chi connectivity index (χ1v) is 9.33. The SMILES string of the molecule is CCCC(=O)N1CCN(C(=O)Cc2ccc3c(c2)CCCC3)CC1. The summed E-state index contributed by atoms with van der Waals surface area (Å²) in [4.78, 5) is 28.3. The molecule has 24 heavy (non-hydrogen) atoms. The van der Waals surface area contributed by atoms with E-state index in [1.807, 2.05) is 16.7 Å². The van der Waals surface area contributed by atoms with Crippen LogP contribution in [-0.2, 0) is 28.9 Å². The van der Waals surface area contributed by atoms with Gasteiger partial charge < -0.3 is 9.80 Å². The number of fused-ring (bicyclic) bond motifs is 1. The molecular weight excluding hydrogens is 300 g/mol. The molecule has 3 rings (SSSR count). The third kappa shape index (κ3) is 3.97. The summed E-state index contributed by atoms with van der Waals surface area (Å²) in [5.74, 6) is 0.410. The van der Waals surface area contributed by atoms with Crippen molar-refractivity contribution in [3.63, 3.8) is 0 Å². The second-order valence-electron chi connectivity index (χ2n) is 7.00. The number of hydrogen-bond donors (Lipinski definition) is 0. The van der Waals surface area contributed by atoms with Gasteiger partial charge in [-0.05, 0) is 48.8 Å². The number of benzene rings is 1. The molecule has 0 N–H and O–H groups in total. The zero-order valence-corrected chi connectivity index (χ0v) is 14.7. The zero-order valence-electron chi connectivity index (χ0n) is 14.7. The van der Waals surface area contributed by atoms with E-state index in [2.05, 4.69) is 18.2 Å². The van der Waals surface area contributed by atoms with E-state index in [0.717, 1.165) is 18.4 Å². The third-order valence-electron chi connectivity index (χ3n) is 5.22. The van der Waals surface area contributed by atoms with Gasteiger partial charge in [0.05, 0.1) is 6.42 Å². The van der Waals surface area contributed by atoms with Crippen molar-refractivity contribution in [2.75, 3.05) is 26.2 Å². The molecule has 1 aliphatic heterocycles. The fourth-order valence-corrected chi connectivity index (χ4v) is 3.76. The summed E-state index contributed by atoms with van der Waals surface area (Å²) in [6, 6.07) is 6.55. The van der Waals surface area contributed by atoms with Gasteiger partial charge in [0.1, 0.15) is 0 Å². The van der Waals surface area contributed by atoms with Crippen LogP contribution in [-0.4, -0.2) is 47.8 Å². The Morgan fingerprint density at radius 2 is 1.54 bits per heavy atom. The normalized spacial score (nSPS) is 17.5. The van der Waals surface area contributed by atoms with Crippen LogP contribution in [0.5, 0.6) is 0 Å². The lowest BCUT2D eigenvalue weighted by Gasteiger charge is -2.35. The number of rotatable bonds is 4. The monoisotopic (exact) mass is 328 g/mol. The zero-order chi connectivity index (χ0) is 16.9. The van der Waals surface area contributed by atoms with Crippen molar-refractivity contribution in [1.82, 2.24) is 9.80 Å². The average Bonchev–Trinajstić information content (AvgIpc) is 2.62. The summed E-state index contributed by atoms with van der Waals surface area (Å²) in [6.45, 7) is 4.71. The highest BCUT2D eigenvalue weighted by Crippen LogP contribution is 2.22. The molecule has 0 unspecified atom stereocenters. The molecule has 1 aromatic rings. The van der Waals surface area contributed by atoms with Gasteiger partial charge in [0.2, 0.25) is 11.8 Å². The molecule has 4 heteroatoms. The number of carbonyl (C=O) groups excluding carboxylic acids is 2. The van der Waals surface area contributed by atoms with E-state index in [1.165, 1.54) is 30.4 Å². The number of piperazine rings is 1. The van der Waals surface area contributed by atoms with E-state index in [1.54, 1.807) is 0 Å². The van der Waals surface area contributed by atoms with Crippen LogP contribution in [0, 0.1) is 0 Å². The lowest BCUT2D eigenvalue weighted by atomic mass is 9.90. The molecule has 0 spiro atoms. The van der Waals surface area contributed by atoms with E-state index in [9.17, 15) is 9.59 Å². The van der Waals surface area contributed by atoms with Crippen molar-refractivity contribution in [3.8, 4) is 0 Å². The first-order chi connectivity index (χ1) is 11.7. The topological polar surface area (TPSA) is 40.6 Å². The van der Waals surface area contributed by atoms with Crippen LogP contribution >= 0.6 is 0 Å². The number of nitrogens with zero attached hydrogens (tertiary/aromatic N) is 2. The summed E-state index contributed by atoms with van der Waals surface area (Å²) in [5.41, 5.74) is 4.02. The van der Waals surface area contributed by atoms with Crippen LogP contribution in [0.15, 0.2) is 18.2 Å². The Hall–Kier alpha value is -1.84. The fourth-order valence-electron chi connectivity index (χ4n) is 3.76. The van der Waals surface area contributed by atoms with Gasteiger partial charge in [0.25, 0.3) is 0 Å². The highest BCUT2D eigenvalue weighted by Gasteiger charge is 2.23. The fraction of sp³-hybridized carbons (Fsp3) is 0.600. The molecule has 0 radical (unpaired) electrons. The van der Waals surface area contributed by atoms with Gasteiger partial charge in [-0.1, -0.05) is 25.1 Å². The minimum absolute atomic E-state index is 0.188. The predicted octanol–water partition coefficient (Wildman–Crippen LogP) is 2.58. The molecule has 130 valence electrons. The van der Waals surface area contributed by atoms with Crippen molar-refractivity contribution < 1.29 is 9.59 Å². The summed E-state index contributed by atoms with van der Waals surface area (Å²) in [5, 5.41) is 0. The molecule has 1 saturated heterocycles. The van der Waals surface area contributed by atoms with Crippen LogP contribution in [0.3, 0.4) is 0 Å². The highest BCUT2D eigenvalue weighted by atomic mass is 16.2. The second kappa shape index (κ2) is 7.82. The molecule has 0 atom stereocenters. The molecule has 0 aromatic heterocycles. The molecule has 2 aliphatic rings. The molecule has 0 bridgehead atoms. The molecule has 2 amide bonds. The molecule has 1 fully saturated rings. The first-order valence-electron chi connectivity index (χ1n) is 9.33. The minimum Gasteiger partial charge on any atom is -0.339 e. The largest absolute Gasteiger partial charge is 0.339 e. The van der Waals surface area contributed by atoms with Gasteiger partial charge >= 0.3 is 0 Å². The van der Waals surface area contributed by atoms with Crippen LogP contribution in [0.25, 0.3) is 0 Å². The molecular formula is C20H28N2O2. The molecule has 4 nitrogen and oxygen atoms in total. The Bertz CT molecular complexity index is 604. The van der Waals surface area contributed by atoms with Crippen molar-refractivity contribution in [2.24, 2.45) is 0 Å². The van der Waals surface area contributed by atoms with Crippen molar-refractivity contribution in [3.05, 3.63) is 34.9 Å². The number of aryl methyl sites for hydroxylation is 2. The lowest BCUT2D eigenvalue weighted by molar-refractivity contribution is -0.139. The van der Waals surface area contributed by atoms with Crippen LogP contribution in [0.1, 0.15) is 49.3 Å². The summed E-state index contributed by atoms with van der Waals surface area (Å²) in [7, 11) is 0. The first kappa shape index (κ1) is 17.0. The standard InChI is InChI=1S/C20H28N2O2/c1-2-5-19(23)21-10-12-22(13-11-21)20(24)15-16-8-9-17-6-3-4-7-18(17)14-16/h8-9,14H,2-7,10-13,15H2,1H3. The van der Waals surface area contributed by atoms with E-state index in [0.29, 0.717) is 39.0 Å². The maximum atomic E-state index is 12.6. The van der Waals surface area contributed by atoms with Crippen molar-refractivity contribution in [2.45, 2.75) is 51.9 Å². The molecule has 1 aromatic carbocycles. The molecule has 1 aliphatic carbocycles. The van der Waals surface area contributed by atoms with Crippen molar-refractivity contribution >= 4 is 11.8 Å². The van der Waals surface area contributed by atoms with Gasteiger partial charge in [-0.2, -0.15) is 0 Å². The summed E-state index contributed by atoms with van der Waals surface area (Å²) < 4.78 is 0. The smallest absolute Gasteiger partial charge is 0.227 e. The predicted molar refractivity (Wildman–Crippen MR) is 94.9 cm³/mol. The summed E-state index contributed by atoms with van der Waals surface area (Å²) in [6.07, 6.45) is 6.85. The van der Waals surface area contributed by atoms with E-state index >= 15 is 0 Å². The maximum absolute atomic E-state index is 12.6. The van der Waals surface area contributed by atoms with Gasteiger partial charge in [0, 0.05) is 32.6 Å². The van der Waals surface area contributed by atoms with Gasteiger partial charge in [0.15, 0.2) is 0 Å². The van der Waals surface area contributed by atoms with Crippen LogP contribution < -0.4 is 0 Å². The van der Waals surface area contributed by atoms with Gasteiger partial charge in [-0.15, -0.1) is 0 Å².